The summed E-state index contributed by atoms with van der Waals surface area (Å²) in [5.41, 5.74) is 2.03. The van der Waals surface area contributed by atoms with Crippen molar-refractivity contribution < 1.29 is 23.4 Å². The zero-order chi connectivity index (χ0) is 15.0. The number of nitrogens with one attached hydrogen (secondary N) is 1. The lowest BCUT2D eigenvalue weighted by molar-refractivity contribution is -0.114. The molecule has 1 aliphatic heterocycles. The van der Waals surface area contributed by atoms with Gasteiger partial charge in [0.1, 0.15) is 11.4 Å². The molecule has 0 bridgehead atoms. The Labute approximate surface area is 126 Å². The van der Waals surface area contributed by atoms with E-state index in [4.69, 9.17) is 10.5 Å². The summed E-state index contributed by atoms with van der Waals surface area (Å²) in [4.78, 5) is 11.0. The highest BCUT2D eigenvalue weighted by Gasteiger charge is 2.56. The second-order valence-electron chi connectivity index (χ2n) is 4.96. The minimum absolute atomic E-state index is 0. The molecule has 0 radical (unpaired) electrons. The lowest BCUT2D eigenvalue weighted by Gasteiger charge is -2.34. The molecule has 2 rings (SSSR count). The highest BCUT2D eigenvalue weighted by atomic mass is 35.5. The van der Waals surface area contributed by atoms with Crippen LogP contribution in [0.15, 0.2) is 18.2 Å². The lowest BCUT2D eigenvalue weighted by Crippen LogP contribution is -2.57. The molecule has 0 saturated carbocycles. The van der Waals surface area contributed by atoms with Crippen LogP contribution in [-0.4, -0.2) is 36.5 Å². The van der Waals surface area contributed by atoms with Crippen LogP contribution in [0.25, 0.3) is 0 Å². The number of amides is 1. The number of nitrogens with two attached hydrogens (primary N) is 1. The zero-order valence-corrected chi connectivity index (χ0v) is 12.2. The average molecular weight is 323 g/mol. The Hall–Kier alpha value is -1.28. The molecule has 0 aliphatic carbocycles. The standard InChI is InChI=1S/C13H16F2N2O3.ClH/c1-8(19)17-9-2-3-11(14)10(4-9)13(16)7-20-6-12(13,15)5-18;/h2-4,18H,5-7,16H2,1H3,(H,17,19);1H/t12-,13-;/m0./s1. The minimum Gasteiger partial charge on any atom is -0.393 e. The molecule has 4 N–H and O–H groups in total. The van der Waals surface area contributed by atoms with Crippen molar-refractivity contribution in [2.24, 2.45) is 5.73 Å². The molecule has 1 aromatic carbocycles. The van der Waals surface area contributed by atoms with Gasteiger partial charge in [-0.1, -0.05) is 0 Å². The van der Waals surface area contributed by atoms with Crippen molar-refractivity contribution in [2.45, 2.75) is 18.1 Å². The fraction of sp³-hybridized carbons (Fsp3) is 0.462. The van der Waals surface area contributed by atoms with Crippen LogP contribution < -0.4 is 11.1 Å². The summed E-state index contributed by atoms with van der Waals surface area (Å²) in [5.74, 6) is -1.06. The summed E-state index contributed by atoms with van der Waals surface area (Å²) in [7, 11) is 0. The molecular weight excluding hydrogens is 306 g/mol. The monoisotopic (exact) mass is 322 g/mol. The van der Waals surface area contributed by atoms with E-state index in [1.54, 1.807) is 0 Å². The van der Waals surface area contributed by atoms with E-state index in [2.05, 4.69) is 5.32 Å². The van der Waals surface area contributed by atoms with Gasteiger partial charge in [-0.05, 0) is 18.2 Å². The molecule has 1 heterocycles. The first-order valence-corrected chi connectivity index (χ1v) is 6.06. The van der Waals surface area contributed by atoms with Gasteiger partial charge in [-0.2, -0.15) is 0 Å². The van der Waals surface area contributed by atoms with E-state index < -0.39 is 30.2 Å². The van der Waals surface area contributed by atoms with Crippen LogP contribution in [0.2, 0.25) is 0 Å². The Morgan fingerprint density at radius 2 is 2.19 bits per heavy atom. The summed E-state index contributed by atoms with van der Waals surface area (Å²) < 4.78 is 33.6. The van der Waals surface area contributed by atoms with Gasteiger partial charge in [-0.3, -0.25) is 4.79 Å². The number of carbonyl (C=O) groups is 1. The van der Waals surface area contributed by atoms with Crippen LogP contribution in [0.5, 0.6) is 0 Å². The third-order valence-corrected chi connectivity index (χ3v) is 3.48. The van der Waals surface area contributed by atoms with Gasteiger partial charge in [0.25, 0.3) is 0 Å². The van der Waals surface area contributed by atoms with Crippen molar-refractivity contribution in [1.82, 2.24) is 0 Å². The minimum atomic E-state index is -2.28. The van der Waals surface area contributed by atoms with Crippen molar-refractivity contribution in [3.05, 3.63) is 29.6 Å². The van der Waals surface area contributed by atoms with Crippen molar-refractivity contribution in [3.8, 4) is 0 Å². The number of anilines is 1. The molecule has 2 atom stereocenters. The SMILES string of the molecule is CC(=O)Nc1ccc(F)c([C@@]2(N)COC[C@@]2(F)CO)c1.Cl. The second kappa shape index (κ2) is 6.23. The van der Waals surface area contributed by atoms with Crippen LogP contribution in [-0.2, 0) is 15.1 Å². The van der Waals surface area contributed by atoms with Crippen molar-refractivity contribution >= 4 is 24.0 Å². The summed E-state index contributed by atoms with van der Waals surface area (Å²) in [6, 6.07) is 3.69. The van der Waals surface area contributed by atoms with E-state index in [0.29, 0.717) is 5.69 Å². The van der Waals surface area contributed by atoms with E-state index in [9.17, 15) is 18.7 Å². The Morgan fingerprint density at radius 1 is 1.52 bits per heavy atom. The third-order valence-electron chi connectivity index (χ3n) is 3.48. The Kier molecular flexibility index (Phi) is 5.27. The molecule has 1 aromatic rings. The molecule has 8 heteroatoms. The van der Waals surface area contributed by atoms with Crippen LogP contribution in [0.4, 0.5) is 14.5 Å². The maximum atomic E-state index is 14.6. The molecule has 21 heavy (non-hydrogen) atoms. The van der Waals surface area contributed by atoms with E-state index in [1.165, 1.54) is 19.1 Å². The number of hydrogen-bond donors (Lipinski definition) is 3. The van der Waals surface area contributed by atoms with Crippen LogP contribution >= 0.6 is 12.4 Å². The number of ether oxygens (including phenoxy) is 1. The third kappa shape index (κ3) is 3.01. The highest BCUT2D eigenvalue weighted by Crippen LogP contribution is 2.41. The smallest absolute Gasteiger partial charge is 0.221 e. The number of halogens is 3. The summed E-state index contributed by atoms with van der Waals surface area (Å²) in [6.45, 7) is -0.255. The van der Waals surface area contributed by atoms with Crippen molar-refractivity contribution in [1.29, 1.82) is 0 Å². The fourth-order valence-electron chi connectivity index (χ4n) is 2.29. The predicted octanol–water partition coefficient (Wildman–Crippen LogP) is 1.09. The predicted molar refractivity (Wildman–Crippen MR) is 75.6 cm³/mol. The topological polar surface area (TPSA) is 84.6 Å². The van der Waals surface area contributed by atoms with Gasteiger partial charge in [0.05, 0.1) is 19.8 Å². The lowest BCUT2D eigenvalue weighted by atomic mass is 9.79. The molecule has 1 aliphatic rings. The number of hydrogen-bond acceptors (Lipinski definition) is 4. The second-order valence-corrected chi connectivity index (χ2v) is 4.96. The van der Waals surface area contributed by atoms with Gasteiger partial charge in [-0.25, -0.2) is 8.78 Å². The van der Waals surface area contributed by atoms with Gasteiger partial charge in [0, 0.05) is 18.2 Å². The molecule has 118 valence electrons. The highest BCUT2D eigenvalue weighted by molar-refractivity contribution is 5.88. The molecule has 0 unspecified atom stereocenters. The zero-order valence-electron chi connectivity index (χ0n) is 11.4. The Bertz CT molecular complexity index is 546. The van der Waals surface area contributed by atoms with Crippen LogP contribution in [0.3, 0.4) is 0 Å². The molecule has 1 saturated heterocycles. The normalized spacial score (nSPS) is 28.0. The Morgan fingerprint density at radius 3 is 2.76 bits per heavy atom. The van der Waals surface area contributed by atoms with Crippen LogP contribution in [0, 0.1) is 5.82 Å². The van der Waals surface area contributed by atoms with E-state index >= 15 is 0 Å². The van der Waals surface area contributed by atoms with Gasteiger partial charge in [-0.15, -0.1) is 12.4 Å². The number of alkyl halides is 1. The summed E-state index contributed by atoms with van der Waals surface area (Å²) >= 11 is 0. The molecule has 5 nitrogen and oxygen atoms in total. The fourth-order valence-corrected chi connectivity index (χ4v) is 2.29. The molecule has 0 aromatic heterocycles. The van der Waals surface area contributed by atoms with E-state index in [-0.39, 0.29) is 30.5 Å². The van der Waals surface area contributed by atoms with Gasteiger partial charge >= 0.3 is 0 Å². The summed E-state index contributed by atoms with van der Waals surface area (Å²) in [5, 5.41) is 11.7. The molecule has 0 spiro atoms. The van der Waals surface area contributed by atoms with Crippen LogP contribution in [0.1, 0.15) is 12.5 Å². The van der Waals surface area contributed by atoms with Gasteiger partial charge < -0.3 is 20.9 Å². The molecule has 1 amide bonds. The first-order chi connectivity index (χ1) is 9.32. The first kappa shape index (κ1) is 17.8. The Balaban J connectivity index is 0.00000220. The first-order valence-electron chi connectivity index (χ1n) is 6.06. The van der Waals surface area contributed by atoms with Gasteiger partial charge in [0.2, 0.25) is 5.91 Å². The van der Waals surface area contributed by atoms with E-state index in [1.807, 2.05) is 0 Å². The average Bonchev–Trinajstić information content (AvgIpc) is 2.69. The van der Waals surface area contributed by atoms with E-state index in [0.717, 1.165) is 6.07 Å². The number of carbonyl (C=O) groups excluding carboxylic acids is 1. The number of aliphatic hydroxyl groups is 1. The number of benzene rings is 1. The number of aliphatic hydroxyl groups excluding tert-OH is 1. The number of rotatable bonds is 3. The van der Waals surface area contributed by atoms with Crippen molar-refractivity contribution in [2.75, 3.05) is 25.1 Å². The largest absolute Gasteiger partial charge is 0.393 e. The quantitative estimate of drug-likeness (QED) is 0.778. The van der Waals surface area contributed by atoms with Crippen molar-refractivity contribution in [3.63, 3.8) is 0 Å². The van der Waals surface area contributed by atoms with Gasteiger partial charge in [0.15, 0.2) is 5.67 Å². The molecule has 1 fully saturated rings. The summed E-state index contributed by atoms with van der Waals surface area (Å²) in [6.07, 6.45) is 0. The maximum absolute atomic E-state index is 14.6. The molecular formula is C13H17ClF2N2O3. The maximum Gasteiger partial charge on any atom is 0.221 e.